The Morgan fingerprint density at radius 1 is 0.340 bits per heavy atom. The molecular formula is C115H164N14O12. The molecule has 32 atom stereocenters. The van der Waals surface area contributed by atoms with Crippen molar-refractivity contribution >= 4 is 67.1 Å². The minimum absolute atomic E-state index is 0.101. The highest BCUT2D eigenvalue weighted by Crippen LogP contribution is 2.71. The Kier molecular flexibility index (Phi) is 28.6. The highest BCUT2D eigenvalue weighted by atomic mass is 16.5. The number of carbonyl (C=O) groups is 4. The molecular weight excluding hydrogens is 1770 g/mol. The number of carbonyl (C=O) groups excluding carboxylic acids is 4. The Bertz CT molecular complexity index is 5510. The summed E-state index contributed by atoms with van der Waals surface area (Å²) < 4.78 is 26.1. The van der Waals surface area contributed by atoms with E-state index in [4.69, 9.17) is 18.9 Å². The predicted molar refractivity (Wildman–Crippen MR) is 539 cm³/mol. The van der Waals surface area contributed by atoms with Crippen LogP contribution in [0.4, 0.5) is 0 Å². The summed E-state index contributed by atoms with van der Waals surface area (Å²) in [5.74, 6) is 16.0. The molecule has 141 heavy (non-hydrogen) atoms. The number of aryl methyl sites for hydroxylation is 1. The van der Waals surface area contributed by atoms with E-state index in [9.17, 15) is 39.6 Å². The maximum atomic E-state index is 13.6. The van der Waals surface area contributed by atoms with Crippen molar-refractivity contribution in [3.8, 4) is 0 Å². The first kappa shape index (κ1) is 99.7. The third-order valence-corrected chi connectivity index (χ3v) is 43.0. The van der Waals surface area contributed by atoms with Crippen molar-refractivity contribution in [1.29, 1.82) is 0 Å². The van der Waals surface area contributed by atoms with E-state index in [0.29, 0.717) is 136 Å². The fourth-order valence-corrected chi connectivity index (χ4v) is 36.6. The number of ketones is 4. The molecule has 8 aromatic rings. The van der Waals surface area contributed by atoms with E-state index >= 15 is 0 Å². The number of benzene rings is 1. The maximum Gasteiger partial charge on any atom is 0.159 e. The van der Waals surface area contributed by atoms with Gasteiger partial charge >= 0.3 is 0 Å². The smallest absolute Gasteiger partial charge is 0.159 e. The standard InChI is InChI=1S/C30H43N3O3.C29H41N3O3.2C28H40N4O3/c1-4-36-18-30(35)14-12-21-20(16-30)6-7-23-22(21)11-13-29(3)24(23)8-9-25(29)28(34)17-33-31-26-10-5-19(2)15-27(26)32-33;1-3-35-18-29(34)12-9-21-19(14-29)4-5-23-22(21)8-11-28(2)24(23)6-7-25(28)27(33)17-32-16-20-10-13-30-15-26(20)31-32;1-3-35-17-28(34)12-9-19-18(14-28)4-5-21-20(19)8-11-27(2)22(21)6-7-23(27)26(33)16-32-25-10-13-29-15-24(25)30-31-32;1-3-35-17-28(34)12-9-19-18(14-28)4-5-21-20(19)8-11-27(2)22(21)6-7-23(27)26(33)16-32-30-24-10-13-29-15-25(24)31-32/h5,10,15,20-25,35H,4,6-9,11-14,16-18H2,1-3H3;10,13,15-16,19,21-25,34H,3-9,11-12,14,17-18H2,1-2H3;2*10,13,15,18-23,34H,3-9,11-12,14,16-17H2,1-2H3/t20-,21-,22+,23+,24-,25+,29-,30+;19-,21-,22+,23+,24-,25+,28-,29+;2*18-,19-,20+,21+,22-,23+,27-,28+/m0000/s1. The van der Waals surface area contributed by atoms with Gasteiger partial charge in [-0.2, -0.15) is 35.1 Å². The van der Waals surface area contributed by atoms with Gasteiger partial charge in [0.05, 0.1) is 79.5 Å². The fourth-order valence-electron chi connectivity index (χ4n) is 36.6. The highest BCUT2D eigenvalue weighted by molar-refractivity contribution is 5.86. The lowest BCUT2D eigenvalue weighted by molar-refractivity contribution is -0.138. The molecule has 0 saturated heterocycles. The summed E-state index contributed by atoms with van der Waals surface area (Å²) in [6.07, 6.45) is 52.5. The normalized spacial score (nSPS) is 40.6. The zero-order chi connectivity index (χ0) is 97.7. The second-order valence-corrected chi connectivity index (χ2v) is 49.9. The summed E-state index contributed by atoms with van der Waals surface area (Å²) in [5.41, 5.74) is 4.87. The number of fused-ring (bicyclic) bond motifs is 24. The van der Waals surface area contributed by atoms with Crippen molar-refractivity contribution in [1.82, 2.24) is 69.7 Å². The number of aromatic nitrogens is 14. The Labute approximate surface area is 834 Å². The number of aliphatic hydroxyl groups is 4. The molecule has 16 fully saturated rings. The Balaban J connectivity index is 0.000000111. The first-order valence-electron chi connectivity index (χ1n) is 56.2. The summed E-state index contributed by atoms with van der Waals surface area (Å²) in [4.78, 5) is 70.0. The van der Waals surface area contributed by atoms with Crippen LogP contribution in [-0.2, 0) is 64.3 Å². The van der Waals surface area contributed by atoms with Crippen LogP contribution in [0.15, 0.2) is 79.8 Å². The highest BCUT2D eigenvalue weighted by Gasteiger charge is 2.65. The zero-order valence-corrected chi connectivity index (χ0v) is 86.1. The molecule has 0 unspecified atom stereocenters. The molecule has 7 heterocycles. The summed E-state index contributed by atoms with van der Waals surface area (Å²) in [6, 6.07) is 11.8. The molecule has 16 aliphatic rings. The van der Waals surface area contributed by atoms with Crippen molar-refractivity contribution in [2.24, 2.45) is 164 Å². The third kappa shape index (κ3) is 19.2. The predicted octanol–water partition coefficient (Wildman–Crippen LogP) is 19.2. The molecule has 0 radical (unpaired) electrons. The van der Waals surface area contributed by atoms with E-state index in [1.807, 2.05) is 75.0 Å². The van der Waals surface area contributed by atoms with Gasteiger partial charge in [-0.3, -0.25) is 38.8 Å². The van der Waals surface area contributed by atoms with E-state index in [0.717, 1.165) is 243 Å². The second kappa shape index (κ2) is 40.4. The van der Waals surface area contributed by atoms with Crippen molar-refractivity contribution < 1.29 is 58.6 Å². The number of hydrogen-bond donors (Lipinski definition) is 4. The van der Waals surface area contributed by atoms with E-state index in [-0.39, 0.29) is 58.4 Å². The summed E-state index contributed by atoms with van der Waals surface area (Å²) in [5, 5.41) is 76.7. The SMILES string of the molecule is CCOC[C@@]1(O)CC[C@H]2[C@@H](CC[C@@H]3[C@@H]2CC[C@]2(C)[C@@H](C(=O)Cn4cc5ccncc5n4)CC[C@@H]32)C1.CCOC[C@@]1(O)CC[C@H]2[C@@H](CC[C@@H]3[C@@H]2CC[C@]2(C)[C@@H](C(=O)Cn4nc5ccc(C)cc5n4)CC[C@@H]32)C1.CCOC[C@@]1(O)CC[C@H]2[C@@H](CC[C@@H]3[C@@H]2CC[C@]2(C)[C@@H](C(=O)Cn4nc5ccncc5n4)CC[C@@H]32)C1.CCOC[C@@]1(O)CC[C@H]2[C@@H](CC[C@@H]3[C@@H]2CC[C@]2(C)[C@@H](C(=O)Cn4nnc5cnccc54)CC[C@@H]32)C1. The minimum Gasteiger partial charge on any atom is -0.387 e. The number of rotatable bonds is 24. The van der Waals surface area contributed by atoms with Crippen LogP contribution in [-0.4, -0.2) is 189 Å². The van der Waals surface area contributed by atoms with Gasteiger partial charge in [0.25, 0.3) is 0 Å². The van der Waals surface area contributed by atoms with Crippen molar-refractivity contribution in [2.45, 2.75) is 342 Å². The lowest BCUT2D eigenvalue weighted by Gasteiger charge is -2.57. The molecule has 7 aromatic heterocycles. The number of pyridine rings is 3. The molecule has 0 spiro atoms. The van der Waals surface area contributed by atoms with Crippen molar-refractivity contribution in [2.75, 3.05) is 52.9 Å². The van der Waals surface area contributed by atoms with Gasteiger partial charge in [-0.1, -0.05) is 39.0 Å². The van der Waals surface area contributed by atoms with E-state index in [1.54, 1.807) is 51.5 Å². The van der Waals surface area contributed by atoms with Crippen LogP contribution in [0.3, 0.4) is 0 Å². The Morgan fingerprint density at radius 3 is 1.07 bits per heavy atom. The number of hydrogen-bond acceptors (Lipinski definition) is 22. The molecule has 26 nitrogen and oxygen atoms in total. The monoisotopic (exact) mass is 1930 g/mol. The average Bonchev–Trinajstić information content (AvgIpc) is 1.62. The fraction of sp³-hybridized carbons (Fsp3) is 0.774. The van der Waals surface area contributed by atoms with E-state index in [2.05, 4.69) is 85.4 Å². The lowest BCUT2D eigenvalue weighted by Crippen LogP contribution is -2.52. The quantitative estimate of drug-likeness (QED) is 0.0436. The van der Waals surface area contributed by atoms with Gasteiger partial charge in [0.1, 0.15) is 52.7 Å². The molecule has 26 heteroatoms. The minimum atomic E-state index is -0.626. The molecule has 0 aliphatic heterocycles. The molecule has 1 aromatic carbocycles. The van der Waals surface area contributed by atoms with Gasteiger partial charge in [-0.25, -0.2) is 4.68 Å². The van der Waals surface area contributed by atoms with Crippen LogP contribution >= 0.6 is 0 Å². The van der Waals surface area contributed by atoms with Gasteiger partial charge in [-0.05, 0) is 442 Å². The van der Waals surface area contributed by atoms with Gasteiger partial charge in [0, 0.05) is 80.3 Å². The third-order valence-electron chi connectivity index (χ3n) is 43.0. The van der Waals surface area contributed by atoms with Crippen LogP contribution in [0.1, 0.15) is 292 Å². The Hall–Kier alpha value is -7.30. The largest absolute Gasteiger partial charge is 0.387 e. The molecule has 4 N–H and O–H groups in total. The van der Waals surface area contributed by atoms with E-state index < -0.39 is 22.4 Å². The van der Waals surface area contributed by atoms with Gasteiger partial charge in [0.2, 0.25) is 0 Å². The van der Waals surface area contributed by atoms with Crippen LogP contribution in [0.25, 0.3) is 44.0 Å². The average molecular weight is 1930 g/mol. The van der Waals surface area contributed by atoms with Gasteiger partial charge in [-0.15, -0.1) is 5.10 Å². The first-order valence-corrected chi connectivity index (χ1v) is 56.2. The maximum absolute atomic E-state index is 13.6. The molecule has 0 bridgehead atoms. The van der Waals surface area contributed by atoms with Crippen LogP contribution in [0.2, 0.25) is 0 Å². The summed E-state index contributed by atoms with van der Waals surface area (Å²) in [6.45, 7) is 25.7. The number of Topliss-reactive ketones (excluding diaryl/α,β-unsaturated/α-hetero) is 4. The Morgan fingerprint density at radius 2 is 0.681 bits per heavy atom. The van der Waals surface area contributed by atoms with Gasteiger partial charge in [0.15, 0.2) is 23.1 Å². The van der Waals surface area contributed by atoms with Crippen LogP contribution in [0.5, 0.6) is 0 Å². The van der Waals surface area contributed by atoms with Crippen molar-refractivity contribution in [3.63, 3.8) is 0 Å². The topological polar surface area (TPSA) is 335 Å². The molecule has 24 rings (SSSR count). The van der Waals surface area contributed by atoms with Crippen molar-refractivity contribution in [3.05, 3.63) is 85.3 Å². The molecule has 766 valence electrons. The number of nitrogens with zero attached hydrogens (tertiary/aromatic N) is 14. The van der Waals surface area contributed by atoms with Crippen LogP contribution in [0, 0.1) is 171 Å². The number of ether oxygens (including phenoxy) is 4. The van der Waals surface area contributed by atoms with Crippen LogP contribution < -0.4 is 0 Å². The summed E-state index contributed by atoms with van der Waals surface area (Å²) in [7, 11) is 0. The first-order chi connectivity index (χ1) is 68.0. The van der Waals surface area contributed by atoms with Gasteiger partial charge < -0.3 is 39.4 Å². The second-order valence-electron chi connectivity index (χ2n) is 49.9. The molecule has 0 amide bonds. The van der Waals surface area contributed by atoms with E-state index in [1.165, 1.54) is 109 Å². The zero-order valence-electron chi connectivity index (χ0n) is 86.1. The molecule has 16 saturated carbocycles. The molecule has 16 aliphatic carbocycles. The lowest BCUT2D eigenvalue weighted by atomic mass is 9.49. The summed E-state index contributed by atoms with van der Waals surface area (Å²) >= 11 is 0.